The van der Waals surface area contributed by atoms with E-state index >= 15 is 0 Å². The third-order valence-electron chi connectivity index (χ3n) is 2.46. The number of hydrogen-bond donors (Lipinski definition) is 3. The Balaban J connectivity index is 3.39. The van der Waals surface area contributed by atoms with Crippen molar-refractivity contribution in [3.63, 3.8) is 0 Å². The highest BCUT2D eigenvalue weighted by Gasteiger charge is 2.15. The minimum absolute atomic E-state index is 0.507. The second-order valence-corrected chi connectivity index (χ2v) is 3.50. The summed E-state index contributed by atoms with van der Waals surface area (Å²) >= 11 is 0. The number of rotatable bonds is 2. The van der Waals surface area contributed by atoms with Crippen molar-refractivity contribution in [3.05, 3.63) is 22.5 Å². The summed E-state index contributed by atoms with van der Waals surface area (Å²) in [5, 5.41) is 23.7. The summed E-state index contributed by atoms with van der Waals surface area (Å²) in [6, 6.07) is 0. The van der Waals surface area contributed by atoms with Crippen molar-refractivity contribution in [1.29, 1.82) is 0 Å². The van der Waals surface area contributed by atoms with Gasteiger partial charge in [0.05, 0.1) is 11.4 Å². The van der Waals surface area contributed by atoms with Crippen LogP contribution < -0.4 is 0 Å². The molecule has 1 rings (SSSR count). The molecule has 0 spiro atoms. The lowest BCUT2D eigenvalue weighted by Crippen LogP contribution is -2.00. The van der Waals surface area contributed by atoms with E-state index < -0.39 is 0 Å². The summed E-state index contributed by atoms with van der Waals surface area (Å²) in [5.74, 6) is 0. The first-order valence-corrected chi connectivity index (χ1v) is 4.60. The van der Waals surface area contributed by atoms with Crippen LogP contribution in [0.3, 0.4) is 0 Å². The van der Waals surface area contributed by atoms with Crippen molar-refractivity contribution >= 4 is 11.4 Å². The normalized spacial score (nSPS) is 13.3. The van der Waals surface area contributed by atoms with Gasteiger partial charge in [-0.3, -0.25) is 0 Å². The van der Waals surface area contributed by atoms with Gasteiger partial charge in [-0.15, -0.1) is 0 Å². The Kier molecular flexibility index (Phi) is 3.14. The molecule has 0 bridgehead atoms. The zero-order chi connectivity index (χ0) is 11.6. The van der Waals surface area contributed by atoms with Crippen molar-refractivity contribution < 1.29 is 10.4 Å². The lowest BCUT2D eigenvalue weighted by atomic mass is 10.1. The van der Waals surface area contributed by atoms with Gasteiger partial charge in [0.15, 0.2) is 0 Å². The molecule has 82 valence electrons. The molecule has 0 atom stereocenters. The largest absolute Gasteiger partial charge is 0.411 e. The van der Waals surface area contributed by atoms with Gasteiger partial charge in [0, 0.05) is 11.3 Å². The highest BCUT2D eigenvalue weighted by Crippen LogP contribution is 2.19. The first-order chi connectivity index (χ1) is 7.02. The quantitative estimate of drug-likeness (QED) is 0.395. The second kappa shape index (κ2) is 4.16. The van der Waals surface area contributed by atoms with Gasteiger partial charge < -0.3 is 15.4 Å². The molecule has 5 heteroatoms. The number of aromatic nitrogens is 1. The van der Waals surface area contributed by atoms with Gasteiger partial charge in [0.25, 0.3) is 0 Å². The standard InChI is InChI=1S/C10H15N3O2/c1-5-9(7(3)12-14)6(2)11-10(5)8(4)13-15/h11,14-15H,1-4H3/b12-7-,13-8+. The first-order valence-electron chi connectivity index (χ1n) is 4.60. The highest BCUT2D eigenvalue weighted by molar-refractivity contribution is 6.06. The molecule has 0 radical (unpaired) electrons. The Bertz CT molecular complexity index is 430. The number of aryl methyl sites for hydroxylation is 1. The summed E-state index contributed by atoms with van der Waals surface area (Å²) in [4.78, 5) is 3.10. The molecule has 15 heavy (non-hydrogen) atoms. The third-order valence-corrected chi connectivity index (χ3v) is 2.46. The molecule has 0 saturated carbocycles. The summed E-state index contributed by atoms with van der Waals surface area (Å²) < 4.78 is 0. The Morgan fingerprint density at radius 2 is 1.60 bits per heavy atom. The zero-order valence-electron chi connectivity index (χ0n) is 9.29. The van der Waals surface area contributed by atoms with Crippen molar-refractivity contribution in [2.75, 3.05) is 0 Å². The Morgan fingerprint density at radius 1 is 1.07 bits per heavy atom. The molecule has 0 aromatic carbocycles. The Hall–Kier alpha value is -1.78. The maximum absolute atomic E-state index is 8.74. The average Bonchev–Trinajstić information content (AvgIpc) is 2.52. The highest BCUT2D eigenvalue weighted by atomic mass is 16.4. The smallest absolute Gasteiger partial charge is 0.100 e. The van der Waals surface area contributed by atoms with Crippen LogP contribution >= 0.6 is 0 Å². The fourth-order valence-electron chi connectivity index (χ4n) is 1.75. The van der Waals surface area contributed by atoms with Gasteiger partial charge in [-0.05, 0) is 33.3 Å². The fraction of sp³-hybridized carbons (Fsp3) is 0.400. The van der Waals surface area contributed by atoms with Gasteiger partial charge in [-0.1, -0.05) is 10.3 Å². The topological polar surface area (TPSA) is 81.0 Å². The van der Waals surface area contributed by atoms with Gasteiger partial charge in [-0.25, -0.2) is 0 Å². The lowest BCUT2D eigenvalue weighted by molar-refractivity contribution is 0.319. The van der Waals surface area contributed by atoms with Gasteiger partial charge in [0.1, 0.15) is 5.71 Å². The summed E-state index contributed by atoms with van der Waals surface area (Å²) in [6.07, 6.45) is 0. The van der Waals surface area contributed by atoms with Crippen LogP contribution in [-0.4, -0.2) is 26.8 Å². The fourth-order valence-corrected chi connectivity index (χ4v) is 1.75. The van der Waals surface area contributed by atoms with Crippen LogP contribution in [0.5, 0.6) is 0 Å². The molecule has 0 saturated heterocycles. The molecule has 0 aliphatic carbocycles. The Morgan fingerprint density at radius 3 is 2.07 bits per heavy atom. The van der Waals surface area contributed by atoms with Crippen molar-refractivity contribution in [2.45, 2.75) is 27.7 Å². The van der Waals surface area contributed by atoms with E-state index in [1.807, 2.05) is 13.8 Å². The van der Waals surface area contributed by atoms with E-state index in [2.05, 4.69) is 15.3 Å². The summed E-state index contributed by atoms with van der Waals surface area (Å²) in [6.45, 7) is 7.19. The van der Waals surface area contributed by atoms with Crippen molar-refractivity contribution in [2.24, 2.45) is 10.3 Å². The van der Waals surface area contributed by atoms with E-state index in [0.717, 1.165) is 22.5 Å². The van der Waals surface area contributed by atoms with Gasteiger partial charge >= 0.3 is 0 Å². The molecule has 5 nitrogen and oxygen atoms in total. The number of aromatic amines is 1. The lowest BCUT2D eigenvalue weighted by Gasteiger charge is -1.99. The van der Waals surface area contributed by atoms with Crippen LogP contribution in [0.15, 0.2) is 10.3 Å². The van der Waals surface area contributed by atoms with Crippen LogP contribution in [0.1, 0.15) is 36.4 Å². The van der Waals surface area contributed by atoms with Gasteiger partial charge in [0.2, 0.25) is 0 Å². The van der Waals surface area contributed by atoms with Crippen molar-refractivity contribution in [3.8, 4) is 0 Å². The molecule has 1 heterocycles. The second-order valence-electron chi connectivity index (χ2n) is 3.50. The van der Waals surface area contributed by atoms with Gasteiger partial charge in [-0.2, -0.15) is 0 Å². The van der Waals surface area contributed by atoms with Crippen LogP contribution in [0.2, 0.25) is 0 Å². The molecule has 0 aliphatic heterocycles. The minimum atomic E-state index is 0.507. The molecular formula is C10H15N3O2. The molecule has 0 amide bonds. The average molecular weight is 209 g/mol. The number of H-pyrrole nitrogens is 1. The van der Waals surface area contributed by atoms with E-state index in [1.54, 1.807) is 13.8 Å². The summed E-state index contributed by atoms with van der Waals surface area (Å²) in [5.41, 5.74) is 4.47. The van der Waals surface area contributed by atoms with E-state index in [9.17, 15) is 0 Å². The predicted molar refractivity (Wildman–Crippen MR) is 58.3 cm³/mol. The van der Waals surface area contributed by atoms with E-state index in [0.29, 0.717) is 11.4 Å². The van der Waals surface area contributed by atoms with E-state index in [-0.39, 0.29) is 0 Å². The van der Waals surface area contributed by atoms with Crippen molar-refractivity contribution in [1.82, 2.24) is 4.98 Å². The minimum Gasteiger partial charge on any atom is -0.411 e. The Labute approximate surface area is 88.1 Å². The predicted octanol–water partition coefficient (Wildman–Crippen LogP) is 2.03. The maximum atomic E-state index is 8.74. The molecule has 0 unspecified atom stereocenters. The molecule has 0 fully saturated rings. The van der Waals surface area contributed by atoms with Crippen LogP contribution in [0.4, 0.5) is 0 Å². The molecule has 1 aromatic rings. The number of oxime groups is 2. The molecular weight excluding hydrogens is 194 g/mol. The zero-order valence-corrected chi connectivity index (χ0v) is 9.29. The first kappa shape index (κ1) is 11.3. The molecule has 0 aliphatic rings. The monoisotopic (exact) mass is 209 g/mol. The number of nitrogens with zero attached hydrogens (tertiary/aromatic N) is 2. The molecule has 1 aromatic heterocycles. The number of nitrogens with one attached hydrogen (secondary N) is 1. The van der Waals surface area contributed by atoms with Crippen LogP contribution in [0, 0.1) is 13.8 Å². The molecule has 3 N–H and O–H groups in total. The number of hydrogen-bond acceptors (Lipinski definition) is 4. The van der Waals surface area contributed by atoms with Crippen LogP contribution in [-0.2, 0) is 0 Å². The SMILES string of the molecule is C/C(=N/O)c1c(C)[nH]c(/C(C)=N/O)c1C. The van der Waals surface area contributed by atoms with E-state index in [4.69, 9.17) is 10.4 Å². The summed E-state index contributed by atoms with van der Waals surface area (Å²) in [7, 11) is 0. The maximum Gasteiger partial charge on any atom is 0.100 e. The van der Waals surface area contributed by atoms with E-state index in [1.165, 1.54) is 0 Å². The van der Waals surface area contributed by atoms with Crippen LogP contribution in [0.25, 0.3) is 0 Å². The third kappa shape index (κ3) is 1.86.